The van der Waals surface area contributed by atoms with Gasteiger partial charge < -0.3 is 14.8 Å². The highest BCUT2D eigenvalue weighted by molar-refractivity contribution is 7.15. The van der Waals surface area contributed by atoms with E-state index in [0.29, 0.717) is 6.61 Å². The van der Waals surface area contributed by atoms with Gasteiger partial charge in [-0.2, -0.15) is 0 Å². The maximum atomic E-state index is 6.08. The van der Waals surface area contributed by atoms with Crippen LogP contribution in [0.5, 0.6) is 5.75 Å². The molecule has 1 saturated heterocycles. The van der Waals surface area contributed by atoms with Crippen LogP contribution in [-0.4, -0.2) is 46.9 Å². The van der Waals surface area contributed by atoms with Gasteiger partial charge in [0.25, 0.3) is 0 Å². The molecule has 1 aliphatic heterocycles. The van der Waals surface area contributed by atoms with Gasteiger partial charge in [-0.3, -0.25) is 4.90 Å². The molecular formula is C23H27N5O2S. The number of aryl methyl sites for hydroxylation is 3. The van der Waals surface area contributed by atoms with E-state index in [-0.39, 0.29) is 6.10 Å². The quantitative estimate of drug-likeness (QED) is 0.623. The number of hydrogen-bond acceptors (Lipinski definition) is 8. The van der Waals surface area contributed by atoms with Crippen molar-refractivity contribution >= 4 is 22.3 Å². The van der Waals surface area contributed by atoms with Crippen molar-refractivity contribution in [3.8, 4) is 5.75 Å². The molecule has 31 heavy (non-hydrogen) atoms. The normalized spacial score (nSPS) is 18.7. The minimum atomic E-state index is -0.0629. The van der Waals surface area contributed by atoms with Crippen LogP contribution in [0.4, 0.5) is 10.9 Å². The van der Waals surface area contributed by atoms with Gasteiger partial charge in [-0.25, -0.2) is 4.98 Å². The van der Waals surface area contributed by atoms with Gasteiger partial charge >= 0.3 is 0 Å². The molecule has 1 atom stereocenters. The van der Waals surface area contributed by atoms with Crippen molar-refractivity contribution in [2.45, 2.75) is 38.8 Å². The number of nitrogens with one attached hydrogen (secondary N) is 1. The summed E-state index contributed by atoms with van der Waals surface area (Å²) in [7, 11) is 1.77. The van der Waals surface area contributed by atoms with Crippen LogP contribution in [0.2, 0.25) is 0 Å². The zero-order valence-electron chi connectivity index (χ0n) is 17.9. The number of morpholine rings is 1. The minimum absolute atomic E-state index is 0.0629. The monoisotopic (exact) mass is 437 g/mol. The second-order valence-electron chi connectivity index (χ2n) is 8.08. The van der Waals surface area contributed by atoms with E-state index in [9.17, 15) is 0 Å². The van der Waals surface area contributed by atoms with E-state index in [2.05, 4.69) is 32.5 Å². The van der Waals surface area contributed by atoms with Crippen molar-refractivity contribution in [1.82, 2.24) is 20.1 Å². The first kappa shape index (κ1) is 20.4. The maximum Gasteiger partial charge on any atom is 0.211 e. The number of benzene rings is 1. The molecule has 0 saturated carbocycles. The zero-order valence-corrected chi connectivity index (χ0v) is 18.7. The molecule has 1 aromatic carbocycles. The topological polar surface area (TPSA) is 72.4 Å². The minimum Gasteiger partial charge on any atom is -0.496 e. The van der Waals surface area contributed by atoms with E-state index in [1.165, 1.54) is 40.9 Å². The van der Waals surface area contributed by atoms with Crippen molar-refractivity contribution in [2.24, 2.45) is 0 Å². The Hall–Kier alpha value is -2.55. The SMILES string of the molecule is COc1cc2c(cc1CN1CCOC(c3cccc(Nc4nnc(C)s4)n3)C1)CCC2. The highest BCUT2D eigenvalue weighted by Crippen LogP contribution is 2.32. The first-order valence-electron chi connectivity index (χ1n) is 10.7. The second kappa shape index (κ2) is 8.90. The van der Waals surface area contributed by atoms with Crippen molar-refractivity contribution in [2.75, 3.05) is 32.1 Å². The maximum absolute atomic E-state index is 6.08. The number of nitrogens with zero attached hydrogens (tertiary/aromatic N) is 4. The predicted molar refractivity (Wildman–Crippen MR) is 121 cm³/mol. The highest BCUT2D eigenvalue weighted by atomic mass is 32.1. The lowest BCUT2D eigenvalue weighted by molar-refractivity contribution is -0.0351. The third-order valence-electron chi connectivity index (χ3n) is 5.90. The molecule has 0 amide bonds. The van der Waals surface area contributed by atoms with Crippen LogP contribution in [-0.2, 0) is 24.1 Å². The van der Waals surface area contributed by atoms with E-state index in [4.69, 9.17) is 14.5 Å². The molecule has 2 aliphatic rings. The third kappa shape index (κ3) is 4.56. The lowest BCUT2D eigenvalue weighted by Crippen LogP contribution is -2.38. The van der Waals surface area contributed by atoms with Gasteiger partial charge in [0.2, 0.25) is 5.13 Å². The predicted octanol–water partition coefficient (Wildman–Crippen LogP) is 4.06. The highest BCUT2D eigenvalue weighted by Gasteiger charge is 2.25. The third-order valence-corrected chi connectivity index (χ3v) is 6.66. The fraction of sp³-hybridized carbons (Fsp3) is 0.435. The van der Waals surface area contributed by atoms with Gasteiger partial charge in [0.1, 0.15) is 22.7 Å². The van der Waals surface area contributed by atoms with Crippen LogP contribution in [0.15, 0.2) is 30.3 Å². The number of hydrogen-bond donors (Lipinski definition) is 1. The average molecular weight is 438 g/mol. The van der Waals surface area contributed by atoms with Crippen LogP contribution in [0.25, 0.3) is 0 Å². The molecule has 0 bridgehead atoms. The number of ether oxygens (including phenoxy) is 2. The molecule has 1 unspecified atom stereocenters. The van der Waals surface area contributed by atoms with E-state index in [0.717, 1.165) is 53.5 Å². The second-order valence-corrected chi connectivity index (χ2v) is 9.26. The van der Waals surface area contributed by atoms with Crippen molar-refractivity contribution in [3.05, 3.63) is 57.7 Å². The lowest BCUT2D eigenvalue weighted by Gasteiger charge is -2.33. The molecule has 1 aliphatic carbocycles. The summed E-state index contributed by atoms with van der Waals surface area (Å²) in [5, 5.41) is 13.1. The number of anilines is 2. The Balaban J connectivity index is 1.29. The zero-order chi connectivity index (χ0) is 21.2. The molecule has 2 aromatic heterocycles. The molecule has 1 N–H and O–H groups in total. The van der Waals surface area contributed by atoms with Crippen LogP contribution in [0, 0.1) is 6.92 Å². The van der Waals surface area contributed by atoms with E-state index in [1.807, 2.05) is 25.1 Å². The number of methoxy groups -OCH3 is 1. The average Bonchev–Trinajstić information content (AvgIpc) is 3.41. The summed E-state index contributed by atoms with van der Waals surface area (Å²) < 4.78 is 11.8. The fourth-order valence-electron chi connectivity index (χ4n) is 4.39. The molecule has 1 fully saturated rings. The van der Waals surface area contributed by atoms with Crippen LogP contribution >= 0.6 is 11.3 Å². The first-order valence-corrected chi connectivity index (χ1v) is 11.6. The van der Waals surface area contributed by atoms with Crippen LogP contribution < -0.4 is 10.1 Å². The Bertz CT molecular complexity index is 1070. The van der Waals surface area contributed by atoms with Gasteiger partial charge in [0.15, 0.2) is 0 Å². The van der Waals surface area contributed by atoms with Gasteiger partial charge in [0.05, 0.1) is 19.4 Å². The Kier molecular flexibility index (Phi) is 5.85. The van der Waals surface area contributed by atoms with Crippen molar-refractivity contribution < 1.29 is 9.47 Å². The molecule has 8 heteroatoms. The summed E-state index contributed by atoms with van der Waals surface area (Å²) in [5.41, 5.74) is 5.11. The number of aromatic nitrogens is 3. The van der Waals surface area contributed by atoms with Gasteiger partial charge in [-0.15, -0.1) is 10.2 Å². The molecule has 0 radical (unpaired) electrons. The Morgan fingerprint density at radius 2 is 2.10 bits per heavy atom. The van der Waals surface area contributed by atoms with Crippen molar-refractivity contribution in [1.29, 1.82) is 0 Å². The van der Waals surface area contributed by atoms with Crippen LogP contribution in [0.3, 0.4) is 0 Å². The molecule has 3 heterocycles. The molecule has 7 nitrogen and oxygen atoms in total. The van der Waals surface area contributed by atoms with Gasteiger partial charge in [0, 0.05) is 25.2 Å². The fourth-order valence-corrected chi connectivity index (χ4v) is 4.99. The Morgan fingerprint density at radius 1 is 1.23 bits per heavy atom. The standard InChI is InChI=1S/C23H27N5O2S/c1-15-26-27-23(31-15)25-22-8-4-7-19(24-22)21-14-28(9-10-30-21)13-18-11-16-5-3-6-17(16)12-20(18)29-2/h4,7-8,11-12,21H,3,5-6,9-10,13-14H2,1-2H3,(H,24,25,27). The molecular weight excluding hydrogens is 410 g/mol. The largest absolute Gasteiger partial charge is 0.496 e. The van der Waals surface area contributed by atoms with E-state index in [1.54, 1.807) is 7.11 Å². The summed E-state index contributed by atoms with van der Waals surface area (Å²) in [6.45, 7) is 5.19. The Labute approximate surface area is 186 Å². The smallest absolute Gasteiger partial charge is 0.211 e. The summed E-state index contributed by atoms with van der Waals surface area (Å²) in [5.74, 6) is 1.76. The summed E-state index contributed by atoms with van der Waals surface area (Å²) in [4.78, 5) is 7.21. The van der Waals surface area contributed by atoms with Crippen LogP contribution in [0.1, 0.15) is 39.9 Å². The summed E-state index contributed by atoms with van der Waals surface area (Å²) >= 11 is 1.51. The lowest BCUT2D eigenvalue weighted by atomic mass is 10.0. The number of rotatable bonds is 6. The first-order chi connectivity index (χ1) is 15.2. The number of fused-ring (bicyclic) bond motifs is 1. The van der Waals surface area contributed by atoms with Crippen molar-refractivity contribution in [3.63, 3.8) is 0 Å². The van der Waals surface area contributed by atoms with Gasteiger partial charge in [-0.1, -0.05) is 23.5 Å². The molecule has 3 aromatic rings. The van der Waals surface area contributed by atoms with E-state index < -0.39 is 0 Å². The van der Waals surface area contributed by atoms with E-state index >= 15 is 0 Å². The molecule has 162 valence electrons. The summed E-state index contributed by atoms with van der Waals surface area (Å²) in [6.07, 6.45) is 3.52. The molecule has 0 spiro atoms. The van der Waals surface area contributed by atoms with Gasteiger partial charge in [-0.05, 0) is 55.5 Å². The Morgan fingerprint density at radius 3 is 2.90 bits per heavy atom. The molecule has 5 rings (SSSR count). The summed E-state index contributed by atoms with van der Waals surface area (Å²) in [6, 6.07) is 10.6. The number of pyridine rings is 1.